The van der Waals surface area contributed by atoms with Gasteiger partial charge >= 0.3 is 0 Å². The van der Waals surface area contributed by atoms with Gasteiger partial charge < -0.3 is 11.1 Å². The molecular formula is C8H14N4O2S. The van der Waals surface area contributed by atoms with Crippen LogP contribution in [0.2, 0.25) is 0 Å². The number of pyridine rings is 1. The van der Waals surface area contributed by atoms with E-state index in [-0.39, 0.29) is 12.3 Å². The van der Waals surface area contributed by atoms with E-state index in [0.29, 0.717) is 11.5 Å². The number of aryl methyl sites for hydroxylation is 1. The number of nitrogens with zero attached hydrogens (tertiary/aromatic N) is 1. The van der Waals surface area contributed by atoms with Crippen molar-refractivity contribution in [3.63, 3.8) is 0 Å². The summed E-state index contributed by atoms with van der Waals surface area (Å²) in [6.45, 7) is 2.07. The largest absolute Gasteiger partial charge is 0.397 e. The molecule has 15 heavy (non-hydrogen) atoms. The summed E-state index contributed by atoms with van der Waals surface area (Å²) in [5.74, 6) is 0.492. The van der Waals surface area contributed by atoms with Gasteiger partial charge in [-0.25, -0.2) is 18.5 Å². The summed E-state index contributed by atoms with van der Waals surface area (Å²) >= 11 is 0. The fourth-order valence-electron chi connectivity index (χ4n) is 1.09. The third-order valence-electron chi connectivity index (χ3n) is 1.78. The van der Waals surface area contributed by atoms with Gasteiger partial charge in [0.15, 0.2) is 0 Å². The van der Waals surface area contributed by atoms with Crippen LogP contribution in [-0.2, 0) is 10.0 Å². The van der Waals surface area contributed by atoms with Crippen LogP contribution in [0.25, 0.3) is 0 Å². The molecule has 0 radical (unpaired) electrons. The lowest BCUT2D eigenvalue weighted by Gasteiger charge is -2.07. The van der Waals surface area contributed by atoms with Gasteiger partial charge in [-0.1, -0.05) is 0 Å². The third-order valence-corrected chi connectivity index (χ3v) is 2.55. The topological polar surface area (TPSA) is 111 Å². The Labute approximate surface area is 88.7 Å². The maximum Gasteiger partial charge on any atom is 0.210 e. The highest BCUT2D eigenvalue weighted by Crippen LogP contribution is 2.13. The highest BCUT2D eigenvalue weighted by molar-refractivity contribution is 7.89. The minimum atomic E-state index is -3.43. The van der Waals surface area contributed by atoms with Crippen LogP contribution in [0.1, 0.15) is 5.56 Å². The Morgan fingerprint density at radius 1 is 1.53 bits per heavy atom. The monoisotopic (exact) mass is 230 g/mol. The molecule has 1 rings (SSSR count). The summed E-state index contributed by atoms with van der Waals surface area (Å²) in [5, 5.41) is 7.72. The molecule has 5 N–H and O–H groups in total. The van der Waals surface area contributed by atoms with Crippen LogP contribution in [0, 0.1) is 6.92 Å². The molecular weight excluding hydrogens is 216 g/mol. The number of sulfonamides is 1. The first-order chi connectivity index (χ1) is 6.88. The Balaban J connectivity index is 2.59. The molecule has 1 aromatic heterocycles. The number of hydrogen-bond acceptors (Lipinski definition) is 5. The molecule has 6 nitrogen and oxygen atoms in total. The first-order valence-corrected chi connectivity index (χ1v) is 6.06. The first-order valence-electron chi connectivity index (χ1n) is 4.35. The minimum absolute atomic E-state index is 0.126. The van der Waals surface area contributed by atoms with Gasteiger partial charge in [-0.3, -0.25) is 0 Å². The van der Waals surface area contributed by atoms with Gasteiger partial charge in [-0.2, -0.15) is 0 Å². The van der Waals surface area contributed by atoms with Gasteiger partial charge in [-0.05, 0) is 18.6 Å². The molecule has 0 unspecified atom stereocenters. The van der Waals surface area contributed by atoms with Crippen molar-refractivity contribution < 1.29 is 8.42 Å². The van der Waals surface area contributed by atoms with Crippen LogP contribution >= 0.6 is 0 Å². The van der Waals surface area contributed by atoms with E-state index in [9.17, 15) is 8.42 Å². The smallest absolute Gasteiger partial charge is 0.210 e. The van der Waals surface area contributed by atoms with Crippen molar-refractivity contribution in [2.45, 2.75) is 6.92 Å². The van der Waals surface area contributed by atoms with Gasteiger partial charge in [0.2, 0.25) is 10.0 Å². The molecule has 1 aromatic rings. The Bertz CT molecular complexity index is 444. The van der Waals surface area contributed by atoms with E-state index in [1.54, 1.807) is 6.07 Å². The van der Waals surface area contributed by atoms with Crippen molar-refractivity contribution in [1.29, 1.82) is 0 Å². The summed E-state index contributed by atoms with van der Waals surface area (Å²) in [5.41, 5.74) is 6.96. The van der Waals surface area contributed by atoms with Crippen LogP contribution in [0.4, 0.5) is 11.5 Å². The molecule has 0 aliphatic carbocycles. The molecule has 0 aliphatic heterocycles. The predicted octanol–water partition coefficient (Wildman–Crippen LogP) is -0.327. The number of aromatic nitrogens is 1. The number of primary sulfonamides is 1. The fourth-order valence-corrected chi connectivity index (χ4v) is 1.48. The lowest BCUT2D eigenvalue weighted by atomic mass is 10.2. The lowest BCUT2D eigenvalue weighted by Crippen LogP contribution is -2.22. The number of hydrogen-bond donors (Lipinski definition) is 3. The van der Waals surface area contributed by atoms with Crippen LogP contribution in [0.3, 0.4) is 0 Å². The summed E-state index contributed by atoms with van der Waals surface area (Å²) in [7, 11) is -3.43. The van der Waals surface area contributed by atoms with Crippen molar-refractivity contribution in [1.82, 2.24) is 4.98 Å². The highest BCUT2D eigenvalue weighted by Gasteiger charge is 2.03. The van der Waals surface area contributed by atoms with Crippen molar-refractivity contribution in [2.24, 2.45) is 5.14 Å². The first kappa shape index (κ1) is 11.7. The average molecular weight is 230 g/mol. The Morgan fingerprint density at radius 2 is 2.20 bits per heavy atom. The second kappa shape index (κ2) is 4.45. The average Bonchev–Trinajstić information content (AvgIpc) is 2.07. The van der Waals surface area contributed by atoms with Gasteiger partial charge in [-0.15, -0.1) is 0 Å². The quantitative estimate of drug-likeness (QED) is 0.656. The molecule has 1 heterocycles. The molecule has 0 fully saturated rings. The molecule has 0 aliphatic rings. The van der Waals surface area contributed by atoms with E-state index >= 15 is 0 Å². The predicted molar refractivity (Wildman–Crippen MR) is 59.9 cm³/mol. The van der Waals surface area contributed by atoms with Crippen LogP contribution < -0.4 is 16.2 Å². The minimum Gasteiger partial charge on any atom is -0.397 e. The van der Waals surface area contributed by atoms with Gasteiger partial charge in [0.05, 0.1) is 17.6 Å². The van der Waals surface area contributed by atoms with E-state index in [1.807, 2.05) is 6.92 Å². The van der Waals surface area contributed by atoms with Crippen LogP contribution in [-0.4, -0.2) is 25.7 Å². The molecule has 84 valence electrons. The molecule has 0 saturated heterocycles. The van der Waals surface area contributed by atoms with Gasteiger partial charge in [0, 0.05) is 6.54 Å². The fraction of sp³-hybridized carbons (Fsp3) is 0.375. The zero-order valence-electron chi connectivity index (χ0n) is 8.40. The van der Waals surface area contributed by atoms with E-state index in [0.717, 1.165) is 5.56 Å². The SMILES string of the molecule is Cc1cc(N)cnc1NCCS(N)(=O)=O. The number of anilines is 2. The summed E-state index contributed by atoms with van der Waals surface area (Å²) in [6, 6.07) is 1.76. The van der Waals surface area contributed by atoms with Crippen LogP contribution in [0.5, 0.6) is 0 Å². The Hall–Kier alpha value is -1.34. The highest BCUT2D eigenvalue weighted by atomic mass is 32.2. The summed E-state index contributed by atoms with van der Waals surface area (Å²) in [6.07, 6.45) is 1.51. The van der Waals surface area contributed by atoms with E-state index in [4.69, 9.17) is 10.9 Å². The second-order valence-electron chi connectivity index (χ2n) is 3.23. The van der Waals surface area contributed by atoms with E-state index in [2.05, 4.69) is 10.3 Å². The number of nitrogen functional groups attached to an aromatic ring is 1. The third kappa shape index (κ3) is 4.13. The van der Waals surface area contributed by atoms with Crippen LogP contribution in [0.15, 0.2) is 12.3 Å². The van der Waals surface area contributed by atoms with Gasteiger partial charge in [0.25, 0.3) is 0 Å². The van der Waals surface area contributed by atoms with E-state index in [1.165, 1.54) is 6.20 Å². The lowest BCUT2D eigenvalue weighted by molar-refractivity contribution is 0.598. The van der Waals surface area contributed by atoms with E-state index < -0.39 is 10.0 Å². The maximum absolute atomic E-state index is 10.7. The Morgan fingerprint density at radius 3 is 2.73 bits per heavy atom. The normalized spacial score (nSPS) is 11.3. The van der Waals surface area contributed by atoms with Crippen molar-refractivity contribution in [3.05, 3.63) is 17.8 Å². The molecule has 0 spiro atoms. The molecule has 7 heteroatoms. The number of nitrogens with two attached hydrogens (primary N) is 2. The zero-order chi connectivity index (χ0) is 11.5. The maximum atomic E-state index is 10.7. The molecule has 0 atom stereocenters. The van der Waals surface area contributed by atoms with Gasteiger partial charge in [0.1, 0.15) is 5.82 Å². The molecule has 0 saturated carbocycles. The second-order valence-corrected chi connectivity index (χ2v) is 4.96. The molecule has 0 bridgehead atoms. The molecule has 0 amide bonds. The molecule has 0 aromatic carbocycles. The summed E-state index contributed by atoms with van der Waals surface area (Å²) < 4.78 is 21.3. The van der Waals surface area contributed by atoms with Crippen molar-refractivity contribution in [2.75, 3.05) is 23.3 Å². The van der Waals surface area contributed by atoms with Crippen molar-refractivity contribution in [3.8, 4) is 0 Å². The number of rotatable bonds is 4. The number of nitrogens with one attached hydrogen (secondary N) is 1. The summed E-state index contributed by atoms with van der Waals surface area (Å²) in [4.78, 5) is 4.03. The zero-order valence-corrected chi connectivity index (χ0v) is 9.21. The standard InChI is InChI=1S/C8H14N4O2S/c1-6-4-7(9)5-12-8(6)11-2-3-15(10,13)14/h4-5H,2-3,9H2,1H3,(H,11,12)(H2,10,13,14). The Kier molecular flexibility index (Phi) is 3.48. The van der Waals surface area contributed by atoms with Crippen molar-refractivity contribution >= 4 is 21.5 Å².